The third-order valence-corrected chi connectivity index (χ3v) is 7.38. The van der Waals surface area contributed by atoms with Crippen LogP contribution in [0.5, 0.6) is 0 Å². The van der Waals surface area contributed by atoms with Crippen molar-refractivity contribution in [2.45, 2.75) is 24.6 Å². The van der Waals surface area contributed by atoms with Crippen LogP contribution >= 0.6 is 0 Å². The Morgan fingerprint density at radius 3 is 2.64 bits per heavy atom. The number of benzene rings is 1. The molecule has 3 aromatic rings. The van der Waals surface area contributed by atoms with Crippen LogP contribution in [0.2, 0.25) is 0 Å². The zero-order valence-corrected chi connectivity index (χ0v) is 18.6. The minimum absolute atomic E-state index is 0.000738. The standard InChI is InChI=1S/C23H23N5O4S/c29-22(20-11-24-8-9-25-20)27-12-17-10-18(14-27)21-7-6-19(23(30)28(21)13-17)26-33(31,32)15-16-4-2-1-3-5-16/h1-9,11,17-18,26H,10,12-15H2/t17-,18-/m1/s1. The van der Waals surface area contributed by atoms with Gasteiger partial charge in [-0.2, -0.15) is 0 Å². The quantitative estimate of drug-likeness (QED) is 0.615. The van der Waals surface area contributed by atoms with Gasteiger partial charge in [-0.15, -0.1) is 0 Å². The zero-order valence-electron chi connectivity index (χ0n) is 17.8. The van der Waals surface area contributed by atoms with Crippen LogP contribution in [0, 0.1) is 5.92 Å². The normalized spacial score (nSPS) is 19.6. The first-order valence-corrected chi connectivity index (χ1v) is 12.4. The summed E-state index contributed by atoms with van der Waals surface area (Å²) >= 11 is 0. The average molecular weight is 466 g/mol. The van der Waals surface area contributed by atoms with Gasteiger partial charge in [-0.3, -0.25) is 19.3 Å². The highest BCUT2D eigenvalue weighted by atomic mass is 32.2. The lowest BCUT2D eigenvalue weighted by atomic mass is 9.83. The van der Waals surface area contributed by atoms with E-state index in [-0.39, 0.29) is 34.7 Å². The zero-order chi connectivity index (χ0) is 23.0. The van der Waals surface area contributed by atoms with Crippen LogP contribution < -0.4 is 10.3 Å². The van der Waals surface area contributed by atoms with E-state index in [9.17, 15) is 18.0 Å². The first-order valence-electron chi connectivity index (χ1n) is 10.7. The first kappa shape index (κ1) is 21.3. The van der Waals surface area contributed by atoms with Crippen LogP contribution in [0.4, 0.5) is 5.69 Å². The summed E-state index contributed by atoms with van der Waals surface area (Å²) in [6.45, 7) is 1.43. The molecule has 1 saturated heterocycles. The molecule has 1 amide bonds. The molecule has 0 radical (unpaired) electrons. The van der Waals surface area contributed by atoms with Crippen molar-refractivity contribution in [3.8, 4) is 0 Å². The Hall–Kier alpha value is -3.53. The Labute approximate surface area is 191 Å². The van der Waals surface area contributed by atoms with Crippen molar-refractivity contribution in [3.63, 3.8) is 0 Å². The monoisotopic (exact) mass is 465 g/mol. The van der Waals surface area contributed by atoms with Crippen molar-refractivity contribution in [1.82, 2.24) is 19.4 Å². The van der Waals surface area contributed by atoms with E-state index in [1.807, 2.05) is 6.07 Å². The summed E-state index contributed by atoms with van der Waals surface area (Å²) in [7, 11) is -3.74. The van der Waals surface area contributed by atoms with Gasteiger partial charge in [0, 0.05) is 43.6 Å². The van der Waals surface area contributed by atoms with E-state index in [0.717, 1.165) is 12.1 Å². The molecular weight excluding hydrogens is 442 g/mol. The minimum atomic E-state index is -3.74. The van der Waals surface area contributed by atoms with Crippen LogP contribution in [0.3, 0.4) is 0 Å². The number of pyridine rings is 1. The lowest BCUT2D eigenvalue weighted by Crippen LogP contribution is -2.49. The van der Waals surface area contributed by atoms with Crippen LogP contribution in [0.15, 0.2) is 65.8 Å². The second-order valence-electron chi connectivity index (χ2n) is 8.53. The molecule has 4 heterocycles. The van der Waals surface area contributed by atoms with Crippen molar-refractivity contribution >= 4 is 21.6 Å². The highest BCUT2D eigenvalue weighted by Crippen LogP contribution is 2.36. The number of rotatable bonds is 5. The lowest BCUT2D eigenvalue weighted by molar-refractivity contribution is 0.0588. The Bertz CT molecular complexity index is 1340. The number of likely N-dealkylation sites (tertiary alicyclic amines) is 1. The molecule has 10 heteroatoms. The van der Waals surface area contributed by atoms with Crippen LogP contribution in [-0.2, 0) is 22.3 Å². The topological polar surface area (TPSA) is 114 Å². The Kier molecular flexibility index (Phi) is 5.45. The summed E-state index contributed by atoms with van der Waals surface area (Å²) in [5.41, 5.74) is 1.46. The van der Waals surface area contributed by atoms with Crippen molar-refractivity contribution < 1.29 is 13.2 Å². The molecule has 0 aliphatic carbocycles. The van der Waals surface area contributed by atoms with Crippen LogP contribution in [0.1, 0.15) is 34.1 Å². The lowest BCUT2D eigenvalue weighted by Gasteiger charge is -2.42. The van der Waals surface area contributed by atoms with Gasteiger partial charge in [-0.05, 0) is 30.0 Å². The van der Waals surface area contributed by atoms with Gasteiger partial charge in [0.25, 0.3) is 11.5 Å². The van der Waals surface area contributed by atoms with Gasteiger partial charge in [0.1, 0.15) is 11.4 Å². The molecule has 0 spiro atoms. The summed E-state index contributed by atoms with van der Waals surface area (Å²) in [6, 6.07) is 12.1. The average Bonchev–Trinajstić information content (AvgIpc) is 2.81. The van der Waals surface area contributed by atoms with Gasteiger partial charge in [0.2, 0.25) is 10.0 Å². The maximum Gasteiger partial charge on any atom is 0.275 e. The predicted molar refractivity (Wildman–Crippen MR) is 122 cm³/mol. The van der Waals surface area contributed by atoms with E-state index in [2.05, 4.69) is 14.7 Å². The maximum absolute atomic E-state index is 13.1. The molecule has 0 saturated carbocycles. The summed E-state index contributed by atoms with van der Waals surface area (Å²) in [5, 5.41) is 0. The number of fused-ring (bicyclic) bond motifs is 4. The third-order valence-electron chi connectivity index (χ3n) is 6.14. The van der Waals surface area contributed by atoms with Crippen molar-refractivity contribution in [2.24, 2.45) is 5.92 Å². The van der Waals surface area contributed by atoms with E-state index in [4.69, 9.17) is 0 Å². The van der Waals surface area contributed by atoms with Gasteiger partial charge in [-0.1, -0.05) is 30.3 Å². The van der Waals surface area contributed by atoms with E-state index in [0.29, 0.717) is 30.9 Å². The van der Waals surface area contributed by atoms with E-state index in [1.54, 1.807) is 39.8 Å². The van der Waals surface area contributed by atoms with Crippen LogP contribution in [0.25, 0.3) is 0 Å². The SMILES string of the molecule is O=C(c1cnccn1)N1C[C@H]2C[C@H](C1)c1ccc(NS(=O)(=O)Cc3ccccc3)c(=O)n1C2. The summed E-state index contributed by atoms with van der Waals surface area (Å²) in [5.74, 6) is -0.273. The molecule has 2 bridgehead atoms. The number of carbonyl (C=O) groups excluding carboxylic acids is 1. The van der Waals surface area contributed by atoms with Gasteiger partial charge < -0.3 is 9.47 Å². The van der Waals surface area contributed by atoms with Gasteiger partial charge in [-0.25, -0.2) is 13.4 Å². The molecule has 1 N–H and O–H groups in total. The van der Waals surface area contributed by atoms with E-state index < -0.39 is 10.0 Å². The van der Waals surface area contributed by atoms with Crippen molar-refractivity contribution in [3.05, 3.63) is 88.4 Å². The number of carbonyl (C=O) groups is 1. The molecule has 2 aromatic heterocycles. The van der Waals surface area contributed by atoms with Crippen LogP contribution in [-0.4, -0.2) is 46.8 Å². The fourth-order valence-corrected chi connectivity index (χ4v) is 5.95. The molecule has 1 aromatic carbocycles. The molecular formula is C23H23N5O4S. The fourth-order valence-electron chi connectivity index (χ4n) is 4.76. The Morgan fingerprint density at radius 2 is 1.88 bits per heavy atom. The number of hydrogen-bond donors (Lipinski definition) is 1. The van der Waals surface area contributed by atoms with Gasteiger partial charge in [0.05, 0.1) is 11.9 Å². The van der Waals surface area contributed by atoms with E-state index >= 15 is 0 Å². The largest absolute Gasteiger partial charge is 0.336 e. The Morgan fingerprint density at radius 1 is 1.06 bits per heavy atom. The van der Waals surface area contributed by atoms with Crippen molar-refractivity contribution in [1.29, 1.82) is 0 Å². The number of hydrogen-bond acceptors (Lipinski definition) is 6. The second kappa shape index (κ2) is 8.43. The molecule has 2 atom stereocenters. The number of amides is 1. The smallest absolute Gasteiger partial charge is 0.275 e. The number of anilines is 1. The highest BCUT2D eigenvalue weighted by Gasteiger charge is 2.37. The number of sulfonamides is 1. The highest BCUT2D eigenvalue weighted by molar-refractivity contribution is 7.91. The summed E-state index contributed by atoms with van der Waals surface area (Å²) in [4.78, 5) is 35.9. The number of aromatic nitrogens is 3. The summed E-state index contributed by atoms with van der Waals surface area (Å²) < 4.78 is 29.4. The summed E-state index contributed by atoms with van der Waals surface area (Å²) in [6.07, 6.45) is 5.35. The predicted octanol–water partition coefficient (Wildman–Crippen LogP) is 1.84. The maximum atomic E-state index is 13.1. The molecule has 33 heavy (non-hydrogen) atoms. The number of nitrogens with one attached hydrogen (secondary N) is 1. The molecule has 1 fully saturated rings. The van der Waals surface area contributed by atoms with Gasteiger partial charge >= 0.3 is 0 Å². The van der Waals surface area contributed by atoms with E-state index in [1.165, 1.54) is 24.7 Å². The molecule has 0 unspecified atom stereocenters. The molecule has 170 valence electrons. The minimum Gasteiger partial charge on any atom is -0.336 e. The van der Waals surface area contributed by atoms with Crippen molar-refractivity contribution in [2.75, 3.05) is 17.8 Å². The molecule has 9 nitrogen and oxygen atoms in total. The molecule has 2 aliphatic heterocycles. The Balaban J connectivity index is 1.37. The van der Waals surface area contributed by atoms with Gasteiger partial charge in [0.15, 0.2) is 0 Å². The fraction of sp³-hybridized carbons (Fsp3) is 0.304. The first-order chi connectivity index (χ1) is 15.9. The molecule has 5 rings (SSSR count). The molecule has 2 aliphatic rings. The number of nitrogens with zero attached hydrogens (tertiary/aromatic N) is 4. The number of piperidine rings is 1. The second-order valence-corrected chi connectivity index (χ2v) is 10.3. The third kappa shape index (κ3) is 4.38.